The summed E-state index contributed by atoms with van der Waals surface area (Å²) in [6.07, 6.45) is -1.39. The van der Waals surface area contributed by atoms with Crippen molar-refractivity contribution >= 4 is 29.9 Å². The third-order valence-corrected chi connectivity index (χ3v) is 4.23. The summed E-state index contributed by atoms with van der Waals surface area (Å²) in [6, 6.07) is 5.35. The number of alkyl halides is 3. The molecular weight excluding hydrogens is 502 g/mol. The molecule has 1 aliphatic heterocycles. The first-order chi connectivity index (χ1) is 13.4. The summed E-state index contributed by atoms with van der Waals surface area (Å²) in [7, 11) is 1.62. The summed E-state index contributed by atoms with van der Waals surface area (Å²) >= 11 is 0. The molecule has 0 aromatic carbocycles. The van der Waals surface area contributed by atoms with E-state index < -0.39 is 12.7 Å². The van der Waals surface area contributed by atoms with Gasteiger partial charge in [0.25, 0.3) is 5.89 Å². The Kier molecular flexibility index (Phi) is 8.61. The molecule has 12 heteroatoms. The fraction of sp³-hybridized carbons (Fsp3) is 0.529. The summed E-state index contributed by atoms with van der Waals surface area (Å²) in [5, 5.41) is 10.2. The van der Waals surface area contributed by atoms with Crippen LogP contribution in [0.1, 0.15) is 12.2 Å². The minimum atomic E-state index is -4.17. The van der Waals surface area contributed by atoms with E-state index in [9.17, 15) is 13.2 Å². The molecule has 0 amide bonds. The lowest BCUT2D eigenvalue weighted by Crippen LogP contribution is -2.45. The van der Waals surface area contributed by atoms with Crippen LogP contribution in [0.4, 0.5) is 13.2 Å². The Hall–Kier alpha value is -1.96. The maximum Gasteiger partial charge on any atom is 0.401 e. The van der Waals surface area contributed by atoms with Crippen molar-refractivity contribution in [3.8, 4) is 11.6 Å². The third kappa shape index (κ3) is 7.42. The smallest absolute Gasteiger partial charge is 0.356 e. The number of hydrogen-bond acceptors (Lipinski definition) is 6. The number of aliphatic imine (C=N–C) groups is 1. The molecule has 1 atom stereocenters. The van der Waals surface area contributed by atoms with E-state index in [1.165, 1.54) is 4.90 Å². The summed E-state index contributed by atoms with van der Waals surface area (Å²) in [6.45, 7) is 0.360. The summed E-state index contributed by atoms with van der Waals surface area (Å²) in [4.78, 5) is 14.0. The largest absolute Gasteiger partial charge is 0.401 e. The minimum absolute atomic E-state index is 0. The van der Waals surface area contributed by atoms with Crippen LogP contribution in [-0.2, 0) is 6.42 Å². The van der Waals surface area contributed by atoms with Gasteiger partial charge >= 0.3 is 6.18 Å². The van der Waals surface area contributed by atoms with Crippen molar-refractivity contribution in [3.63, 3.8) is 0 Å². The van der Waals surface area contributed by atoms with Crippen molar-refractivity contribution in [3.05, 3.63) is 30.2 Å². The van der Waals surface area contributed by atoms with E-state index in [2.05, 4.69) is 30.8 Å². The first kappa shape index (κ1) is 23.3. The Morgan fingerprint density at radius 3 is 2.90 bits per heavy atom. The van der Waals surface area contributed by atoms with Crippen LogP contribution in [0.5, 0.6) is 0 Å². The number of nitrogens with zero attached hydrogens (tertiary/aromatic N) is 5. The Balaban J connectivity index is 0.00000300. The lowest BCUT2D eigenvalue weighted by Gasteiger charge is -2.19. The van der Waals surface area contributed by atoms with Crippen molar-refractivity contribution < 1.29 is 17.7 Å². The van der Waals surface area contributed by atoms with E-state index in [1.807, 2.05) is 6.07 Å². The highest BCUT2D eigenvalue weighted by Gasteiger charge is 2.34. The minimum Gasteiger partial charge on any atom is -0.356 e. The second kappa shape index (κ2) is 10.7. The predicted octanol–water partition coefficient (Wildman–Crippen LogP) is 2.09. The van der Waals surface area contributed by atoms with Crippen LogP contribution in [0.15, 0.2) is 33.9 Å². The molecule has 2 aromatic heterocycles. The van der Waals surface area contributed by atoms with Gasteiger partial charge in [0.2, 0.25) is 0 Å². The fourth-order valence-electron chi connectivity index (χ4n) is 2.98. The van der Waals surface area contributed by atoms with Crippen molar-refractivity contribution in [2.24, 2.45) is 4.99 Å². The number of hydrogen-bond donors (Lipinski definition) is 2. The van der Waals surface area contributed by atoms with Gasteiger partial charge in [0.1, 0.15) is 5.69 Å². The highest BCUT2D eigenvalue weighted by molar-refractivity contribution is 14.0. The molecule has 160 valence electrons. The van der Waals surface area contributed by atoms with Crippen LogP contribution in [0, 0.1) is 0 Å². The van der Waals surface area contributed by atoms with Crippen LogP contribution in [0.25, 0.3) is 11.6 Å². The zero-order valence-electron chi connectivity index (χ0n) is 15.8. The van der Waals surface area contributed by atoms with E-state index in [1.54, 1.807) is 25.4 Å². The molecular formula is C17H23F3IN7O. The molecule has 0 spiro atoms. The average molecular weight is 525 g/mol. The molecule has 0 aliphatic carbocycles. The zero-order chi connectivity index (χ0) is 20.0. The van der Waals surface area contributed by atoms with Crippen molar-refractivity contribution in [2.45, 2.75) is 25.1 Å². The summed E-state index contributed by atoms with van der Waals surface area (Å²) in [5.74, 6) is 1.42. The average Bonchev–Trinajstić information content (AvgIpc) is 3.30. The normalized spacial score (nSPS) is 17.8. The fourth-order valence-corrected chi connectivity index (χ4v) is 2.98. The van der Waals surface area contributed by atoms with E-state index >= 15 is 0 Å². The highest BCUT2D eigenvalue weighted by Crippen LogP contribution is 2.20. The molecule has 0 bridgehead atoms. The van der Waals surface area contributed by atoms with Crippen molar-refractivity contribution in [1.29, 1.82) is 0 Å². The molecule has 3 rings (SSSR count). The van der Waals surface area contributed by atoms with Gasteiger partial charge < -0.3 is 15.2 Å². The molecule has 8 nitrogen and oxygen atoms in total. The molecule has 3 heterocycles. The number of rotatable bonds is 6. The van der Waals surface area contributed by atoms with Gasteiger partial charge in [0, 0.05) is 45.3 Å². The number of nitrogens with one attached hydrogen (secondary N) is 2. The number of likely N-dealkylation sites (tertiary alicyclic amines) is 1. The number of pyridine rings is 1. The molecule has 1 aliphatic rings. The molecule has 1 unspecified atom stereocenters. The van der Waals surface area contributed by atoms with Crippen LogP contribution >= 0.6 is 24.0 Å². The number of guanidine groups is 1. The summed E-state index contributed by atoms with van der Waals surface area (Å²) in [5.41, 5.74) is 0.608. The molecule has 0 saturated carbocycles. The molecule has 1 saturated heterocycles. The lowest BCUT2D eigenvalue weighted by atomic mass is 10.3. The van der Waals surface area contributed by atoms with Gasteiger partial charge in [-0.15, -0.1) is 24.0 Å². The van der Waals surface area contributed by atoms with Gasteiger partial charge in [0.05, 0.1) is 6.54 Å². The van der Waals surface area contributed by atoms with Gasteiger partial charge in [-0.25, -0.2) is 0 Å². The second-order valence-corrected chi connectivity index (χ2v) is 6.46. The highest BCUT2D eigenvalue weighted by atomic mass is 127. The Bertz CT molecular complexity index is 785. The molecule has 29 heavy (non-hydrogen) atoms. The zero-order valence-corrected chi connectivity index (χ0v) is 18.1. The Morgan fingerprint density at radius 2 is 2.21 bits per heavy atom. The van der Waals surface area contributed by atoms with Crippen molar-refractivity contribution in [2.75, 3.05) is 33.2 Å². The monoisotopic (exact) mass is 525 g/mol. The summed E-state index contributed by atoms with van der Waals surface area (Å²) < 4.78 is 42.6. The molecule has 2 aromatic rings. The van der Waals surface area contributed by atoms with E-state index in [-0.39, 0.29) is 30.0 Å². The SMILES string of the molecule is CN=C(NCCc1noc(-c2ccccn2)n1)NC1CCN(CC(F)(F)F)C1.I. The number of halogens is 4. The van der Waals surface area contributed by atoms with Gasteiger partial charge in [-0.05, 0) is 18.6 Å². The number of aromatic nitrogens is 3. The van der Waals surface area contributed by atoms with Crippen molar-refractivity contribution in [1.82, 2.24) is 30.7 Å². The quantitative estimate of drug-likeness (QED) is 0.339. The maximum absolute atomic E-state index is 12.5. The van der Waals surface area contributed by atoms with E-state index in [4.69, 9.17) is 4.52 Å². The third-order valence-electron chi connectivity index (χ3n) is 4.23. The van der Waals surface area contributed by atoms with E-state index in [0.717, 1.165) is 0 Å². The second-order valence-electron chi connectivity index (χ2n) is 6.46. The maximum atomic E-state index is 12.5. The van der Waals surface area contributed by atoms with Crippen LogP contribution in [-0.4, -0.2) is 71.4 Å². The van der Waals surface area contributed by atoms with E-state index in [0.29, 0.717) is 55.8 Å². The van der Waals surface area contributed by atoms with Gasteiger partial charge in [-0.2, -0.15) is 18.2 Å². The van der Waals surface area contributed by atoms with Crippen LogP contribution in [0.2, 0.25) is 0 Å². The predicted molar refractivity (Wildman–Crippen MR) is 112 cm³/mol. The standard InChI is InChI=1S/C17H22F3N7O.HI/c1-21-16(24-12-6-9-27(10-12)11-17(18,19)20)23-8-5-14-25-15(28-26-14)13-4-2-3-7-22-13;/h2-4,7,12H,5-6,8-11H2,1H3,(H2,21,23,24);1H. The van der Waals surface area contributed by atoms with Gasteiger partial charge in [-0.3, -0.25) is 14.9 Å². The van der Waals surface area contributed by atoms with Gasteiger partial charge in [-0.1, -0.05) is 11.2 Å². The van der Waals surface area contributed by atoms with Crippen LogP contribution < -0.4 is 10.6 Å². The Labute approximate surface area is 183 Å². The molecule has 2 N–H and O–H groups in total. The molecule has 1 fully saturated rings. The topological polar surface area (TPSA) is 91.5 Å². The van der Waals surface area contributed by atoms with Gasteiger partial charge in [0.15, 0.2) is 11.8 Å². The Morgan fingerprint density at radius 1 is 1.38 bits per heavy atom. The molecule has 0 radical (unpaired) electrons. The first-order valence-electron chi connectivity index (χ1n) is 8.93. The first-order valence-corrected chi connectivity index (χ1v) is 8.93. The lowest BCUT2D eigenvalue weighted by molar-refractivity contribution is -0.143. The van der Waals surface area contributed by atoms with Crippen LogP contribution in [0.3, 0.4) is 0 Å².